The van der Waals surface area contributed by atoms with Crippen LogP contribution < -0.4 is 0 Å². The van der Waals surface area contributed by atoms with E-state index in [4.69, 9.17) is 15.3 Å². The van der Waals surface area contributed by atoms with E-state index in [0.717, 1.165) is 17.0 Å². The second kappa shape index (κ2) is 12.5. The molecule has 0 radical (unpaired) electrons. The summed E-state index contributed by atoms with van der Waals surface area (Å²) in [5.41, 5.74) is 6.60. The van der Waals surface area contributed by atoms with E-state index >= 15 is 0 Å². The van der Waals surface area contributed by atoms with Gasteiger partial charge in [-0.3, -0.25) is 4.98 Å². The Bertz CT molecular complexity index is 627. The van der Waals surface area contributed by atoms with E-state index in [2.05, 4.69) is 27.7 Å². The third-order valence-corrected chi connectivity index (χ3v) is 3.46. The molecule has 0 saturated heterocycles. The van der Waals surface area contributed by atoms with Gasteiger partial charge in [0.15, 0.2) is 16.5 Å². The summed E-state index contributed by atoms with van der Waals surface area (Å²) in [5.74, 6) is 0. The Morgan fingerprint density at radius 2 is 1.88 bits per heavy atom. The van der Waals surface area contributed by atoms with E-state index in [1.807, 2.05) is 54.8 Å². The van der Waals surface area contributed by atoms with Crippen LogP contribution >= 0.6 is 11.8 Å². The number of pyridine rings is 1. The molecule has 1 N–H and O–H groups in total. The Hall–Kier alpha value is -1.90. The Kier molecular flexibility index (Phi) is 11.5. The van der Waals surface area contributed by atoms with Crippen molar-refractivity contribution in [2.45, 2.75) is 0 Å². The van der Waals surface area contributed by atoms with Crippen LogP contribution in [0.5, 0.6) is 0 Å². The number of benzene rings is 1. The van der Waals surface area contributed by atoms with Gasteiger partial charge in [-0.2, -0.15) is 0 Å². The van der Waals surface area contributed by atoms with Gasteiger partial charge in [0.1, 0.15) is 0 Å². The molecule has 10 heteroatoms. The third kappa shape index (κ3) is 8.66. The first kappa shape index (κ1) is 22.1. The van der Waals surface area contributed by atoms with Crippen molar-refractivity contribution in [3.05, 3.63) is 81.5 Å². The van der Waals surface area contributed by atoms with Crippen molar-refractivity contribution in [2.75, 3.05) is 6.26 Å². The summed E-state index contributed by atoms with van der Waals surface area (Å²) in [6, 6.07) is 15.6. The van der Waals surface area contributed by atoms with Crippen molar-refractivity contribution in [3.63, 3.8) is 0 Å². The third-order valence-electron chi connectivity index (χ3n) is 2.37. The topological polar surface area (TPSA) is 103 Å². The van der Waals surface area contributed by atoms with Gasteiger partial charge in [-0.25, -0.2) is 0 Å². The van der Waals surface area contributed by atoms with Gasteiger partial charge in [-0.05, 0) is 18.4 Å². The first-order valence-corrected chi connectivity index (χ1v) is 7.90. The molecule has 0 aliphatic carbocycles. The fourth-order valence-electron chi connectivity index (χ4n) is 1.49. The van der Waals surface area contributed by atoms with Crippen LogP contribution in [-0.4, -0.2) is 31.6 Å². The first-order valence-electron chi connectivity index (χ1n) is 6.23. The average molecular weight is 416 g/mol. The van der Waals surface area contributed by atoms with Crippen molar-refractivity contribution in [3.8, 4) is 0 Å². The first-order chi connectivity index (χ1) is 11.0. The Morgan fingerprint density at radius 3 is 2.38 bits per heavy atom. The van der Waals surface area contributed by atoms with Crippen LogP contribution in [0, 0.1) is 10.1 Å². The van der Waals surface area contributed by atoms with Crippen LogP contribution in [0.25, 0.3) is 5.43 Å². The van der Waals surface area contributed by atoms with E-state index in [0.29, 0.717) is 4.32 Å². The van der Waals surface area contributed by atoms with Crippen LogP contribution in [0.1, 0.15) is 11.3 Å². The second-order valence-electron chi connectivity index (χ2n) is 3.85. The Labute approximate surface area is 161 Å². The molecule has 122 valence electrons. The summed E-state index contributed by atoms with van der Waals surface area (Å²) in [6.45, 7) is 0. The maximum atomic E-state index is 8.36. The zero-order valence-electron chi connectivity index (χ0n) is 12.8. The average Bonchev–Trinajstić information content (AvgIpc) is 2.56. The van der Waals surface area contributed by atoms with Gasteiger partial charge in [0.2, 0.25) is 0 Å². The van der Waals surface area contributed by atoms with Gasteiger partial charge in [-0.1, -0.05) is 48.2 Å². The molecular formula is C14H14N4O3S2Zn. The molecular weight excluding hydrogens is 402 g/mol. The van der Waals surface area contributed by atoms with Crippen LogP contribution in [0.15, 0.2) is 59.8 Å². The van der Waals surface area contributed by atoms with Gasteiger partial charge < -0.3 is 15.7 Å². The standard InChI is InChI=1S/C14H13N3S2.HNO3.Zn/c1-19-14(18)17-16-13(11-7-3-2-4-8-11)12-9-5-6-10-15-12;2-1(3)4;/h2-10H,1H3,(H,15,17,18);(H,2,3,4);. The molecule has 2 aromatic rings. The summed E-state index contributed by atoms with van der Waals surface area (Å²) < 4.78 is 0.615. The number of thioether (sulfide) groups is 1. The minimum atomic E-state index is -1.50. The monoisotopic (exact) mass is 414 g/mol. The van der Waals surface area contributed by atoms with E-state index in [-0.39, 0.29) is 19.5 Å². The molecule has 0 spiro atoms. The molecule has 0 unspecified atom stereocenters. The molecule has 2 rings (SSSR count). The quantitative estimate of drug-likeness (QED) is 0.158. The zero-order chi connectivity index (χ0) is 17.1. The van der Waals surface area contributed by atoms with E-state index in [1.165, 1.54) is 11.8 Å². The molecule has 0 saturated carbocycles. The minimum absolute atomic E-state index is 0. The fraction of sp³-hybridized carbons (Fsp3) is 0.0714. The summed E-state index contributed by atoms with van der Waals surface area (Å²) >= 11 is 5.66. The van der Waals surface area contributed by atoms with Crippen molar-refractivity contribution < 1.29 is 29.8 Å². The second-order valence-corrected chi connectivity index (χ2v) is 5.38. The number of hydrogen-bond acceptors (Lipinski definition) is 5. The molecule has 0 atom stereocenters. The van der Waals surface area contributed by atoms with Gasteiger partial charge in [0.05, 0.1) is 11.4 Å². The Morgan fingerprint density at radius 1 is 1.29 bits per heavy atom. The van der Waals surface area contributed by atoms with Gasteiger partial charge in [0, 0.05) is 31.2 Å². The van der Waals surface area contributed by atoms with E-state index in [1.54, 1.807) is 6.20 Å². The summed E-state index contributed by atoms with van der Waals surface area (Å²) in [6.07, 6.45) is 3.65. The SMILES string of the molecule is CSC(=[SH+])[N-]N=C(c1ccccc1)c1ccccn1.O=[N+]([O-])O.[Zn]. The van der Waals surface area contributed by atoms with Crippen molar-refractivity contribution in [1.29, 1.82) is 0 Å². The van der Waals surface area contributed by atoms with Crippen molar-refractivity contribution >= 4 is 34.0 Å². The maximum Gasteiger partial charge on any atom is 0.291 e. The molecule has 7 nitrogen and oxygen atoms in total. The molecule has 1 heterocycles. The van der Waals surface area contributed by atoms with Crippen LogP contribution in [0.3, 0.4) is 0 Å². The molecule has 0 amide bonds. The number of hydrogen-bond donors (Lipinski definition) is 1. The summed E-state index contributed by atoms with van der Waals surface area (Å²) in [7, 11) is 0. The smallest absolute Gasteiger partial charge is 0.291 e. The van der Waals surface area contributed by atoms with Gasteiger partial charge in [0.25, 0.3) is 5.09 Å². The van der Waals surface area contributed by atoms with E-state index < -0.39 is 5.09 Å². The largest absolute Gasteiger partial charge is 0.519 e. The molecule has 0 bridgehead atoms. The van der Waals surface area contributed by atoms with Crippen LogP contribution in [0.4, 0.5) is 0 Å². The Balaban J connectivity index is 0.000000954. The predicted molar refractivity (Wildman–Crippen MR) is 95.7 cm³/mol. The normalized spacial score (nSPS) is 9.79. The molecule has 1 aromatic heterocycles. The molecule has 0 aliphatic heterocycles. The maximum absolute atomic E-state index is 8.36. The number of thiol groups is 1. The fourth-order valence-corrected chi connectivity index (χ4v) is 1.66. The molecule has 24 heavy (non-hydrogen) atoms. The summed E-state index contributed by atoms with van der Waals surface area (Å²) in [5, 5.41) is 17.9. The molecule has 0 fully saturated rings. The zero-order valence-corrected chi connectivity index (χ0v) is 17.5. The van der Waals surface area contributed by atoms with Gasteiger partial charge >= 0.3 is 0 Å². The summed E-state index contributed by atoms with van der Waals surface area (Å²) in [4.78, 5) is 12.7. The number of aromatic nitrogens is 1. The van der Waals surface area contributed by atoms with Crippen molar-refractivity contribution in [1.82, 2.24) is 4.98 Å². The van der Waals surface area contributed by atoms with Gasteiger partial charge in [-0.15, -0.1) is 10.1 Å². The molecule has 1 aromatic carbocycles. The van der Waals surface area contributed by atoms with Crippen molar-refractivity contribution in [2.24, 2.45) is 5.10 Å². The van der Waals surface area contributed by atoms with Crippen LogP contribution in [0.2, 0.25) is 0 Å². The number of nitrogens with zero attached hydrogens (tertiary/aromatic N) is 4. The van der Waals surface area contributed by atoms with Crippen LogP contribution in [-0.2, 0) is 31.7 Å². The minimum Gasteiger partial charge on any atom is -0.519 e. The van der Waals surface area contributed by atoms with E-state index in [9.17, 15) is 0 Å². The molecule has 0 aliphatic rings. The number of rotatable bonds is 3. The predicted octanol–water partition coefficient (Wildman–Crippen LogP) is 2.59.